The lowest BCUT2D eigenvalue weighted by Gasteiger charge is -2.36. The minimum Gasteiger partial charge on any atom is -0.508 e. The van der Waals surface area contributed by atoms with Crippen LogP contribution < -0.4 is 5.73 Å². The van der Waals surface area contributed by atoms with Crippen LogP contribution >= 0.6 is 0 Å². The summed E-state index contributed by atoms with van der Waals surface area (Å²) in [5.74, 6) is 0.195. The number of carbonyl (C=O) groups is 1. The fourth-order valence-corrected chi connectivity index (χ4v) is 2.47. The molecule has 1 amide bonds. The van der Waals surface area contributed by atoms with E-state index in [-0.39, 0.29) is 17.7 Å². The maximum Gasteiger partial charge on any atom is 0.240 e. The number of hydrogen-bond donors (Lipinski definition) is 2. The fourth-order valence-electron chi connectivity index (χ4n) is 2.47. The number of aromatic hydroxyl groups is 1. The number of nitrogens with zero attached hydrogens (tertiary/aromatic N) is 1. The highest BCUT2D eigenvalue weighted by Gasteiger charge is 2.29. The Morgan fingerprint density at radius 2 is 2.20 bits per heavy atom. The van der Waals surface area contributed by atoms with Crippen molar-refractivity contribution in [3.8, 4) is 5.75 Å². The van der Waals surface area contributed by atoms with Crippen molar-refractivity contribution in [1.82, 2.24) is 4.90 Å². The van der Waals surface area contributed by atoms with Gasteiger partial charge >= 0.3 is 0 Å². The molecule has 1 heterocycles. The molecule has 2 rings (SSSR count). The lowest BCUT2D eigenvalue weighted by Crippen LogP contribution is -2.54. The summed E-state index contributed by atoms with van der Waals surface area (Å²) < 4.78 is 5.40. The molecule has 5 heteroatoms. The number of ether oxygens (including phenoxy) is 1. The quantitative estimate of drug-likeness (QED) is 0.858. The van der Waals surface area contributed by atoms with E-state index in [0.29, 0.717) is 26.2 Å². The van der Waals surface area contributed by atoms with E-state index < -0.39 is 6.04 Å². The van der Waals surface area contributed by atoms with Crippen LogP contribution in [0.5, 0.6) is 5.75 Å². The van der Waals surface area contributed by atoms with Gasteiger partial charge in [0.15, 0.2) is 0 Å². The van der Waals surface area contributed by atoms with Crippen LogP contribution in [0.3, 0.4) is 0 Å². The van der Waals surface area contributed by atoms with Crippen LogP contribution in [0.15, 0.2) is 24.3 Å². The summed E-state index contributed by atoms with van der Waals surface area (Å²) in [6, 6.07) is 6.37. The smallest absolute Gasteiger partial charge is 0.240 e. The van der Waals surface area contributed by atoms with Gasteiger partial charge in [-0.05, 0) is 30.5 Å². The summed E-state index contributed by atoms with van der Waals surface area (Å²) in [5.41, 5.74) is 6.99. The molecule has 5 nitrogen and oxygen atoms in total. The minimum atomic E-state index is -0.549. The summed E-state index contributed by atoms with van der Waals surface area (Å²) >= 11 is 0. The van der Waals surface area contributed by atoms with E-state index in [2.05, 4.69) is 0 Å². The van der Waals surface area contributed by atoms with Crippen molar-refractivity contribution < 1.29 is 14.6 Å². The van der Waals surface area contributed by atoms with Crippen LogP contribution in [0.25, 0.3) is 0 Å². The standard InChI is InChI=1S/C15H22N2O3/c1-2-12-10-20-8-7-17(12)15(19)14(16)9-11-3-5-13(18)6-4-11/h3-6,12,14,18H,2,7-10,16H2,1H3/t12?,14-/m0/s1. The van der Waals surface area contributed by atoms with E-state index in [4.69, 9.17) is 10.5 Å². The summed E-state index contributed by atoms with van der Waals surface area (Å²) in [6.45, 7) is 3.83. The number of hydrogen-bond acceptors (Lipinski definition) is 4. The zero-order valence-electron chi connectivity index (χ0n) is 11.8. The van der Waals surface area contributed by atoms with Crippen LogP contribution in [0.2, 0.25) is 0 Å². The second kappa shape index (κ2) is 6.72. The second-order valence-corrected chi connectivity index (χ2v) is 5.15. The van der Waals surface area contributed by atoms with Gasteiger partial charge in [0.1, 0.15) is 5.75 Å². The largest absolute Gasteiger partial charge is 0.508 e. The van der Waals surface area contributed by atoms with Crippen molar-refractivity contribution in [2.75, 3.05) is 19.8 Å². The number of carbonyl (C=O) groups excluding carboxylic acids is 1. The molecule has 0 aromatic heterocycles. The summed E-state index contributed by atoms with van der Waals surface area (Å²) in [7, 11) is 0. The molecule has 1 saturated heterocycles. The van der Waals surface area contributed by atoms with E-state index in [1.807, 2.05) is 11.8 Å². The highest BCUT2D eigenvalue weighted by molar-refractivity contribution is 5.82. The third kappa shape index (κ3) is 3.49. The number of phenols is 1. The number of phenolic OH excluding ortho intramolecular Hbond substituents is 1. The molecule has 2 atom stereocenters. The lowest BCUT2D eigenvalue weighted by molar-refractivity contribution is -0.141. The van der Waals surface area contributed by atoms with Gasteiger partial charge in [0.25, 0.3) is 0 Å². The maximum absolute atomic E-state index is 12.4. The number of rotatable bonds is 4. The van der Waals surface area contributed by atoms with Crippen molar-refractivity contribution in [2.24, 2.45) is 5.73 Å². The van der Waals surface area contributed by atoms with Crippen LogP contribution in [0.4, 0.5) is 0 Å². The zero-order valence-corrected chi connectivity index (χ0v) is 11.8. The zero-order chi connectivity index (χ0) is 14.5. The van der Waals surface area contributed by atoms with Crippen LogP contribution in [0, 0.1) is 0 Å². The van der Waals surface area contributed by atoms with E-state index in [9.17, 15) is 9.90 Å². The molecule has 1 aliphatic heterocycles. The molecule has 1 fully saturated rings. The molecular formula is C15H22N2O3. The van der Waals surface area contributed by atoms with Crippen LogP contribution in [-0.2, 0) is 16.0 Å². The van der Waals surface area contributed by atoms with Crippen molar-refractivity contribution >= 4 is 5.91 Å². The molecule has 1 unspecified atom stereocenters. The molecule has 0 radical (unpaired) electrons. The van der Waals surface area contributed by atoms with Crippen molar-refractivity contribution in [3.63, 3.8) is 0 Å². The van der Waals surface area contributed by atoms with Gasteiger partial charge in [0, 0.05) is 6.54 Å². The SMILES string of the molecule is CCC1COCCN1C(=O)[C@@H](N)Cc1ccc(O)cc1. The van der Waals surface area contributed by atoms with Gasteiger partial charge in [0.2, 0.25) is 5.91 Å². The first-order valence-electron chi connectivity index (χ1n) is 7.03. The van der Waals surface area contributed by atoms with Crippen molar-refractivity contribution in [2.45, 2.75) is 31.8 Å². The molecule has 0 spiro atoms. The first-order valence-corrected chi connectivity index (χ1v) is 7.03. The van der Waals surface area contributed by atoms with Crippen LogP contribution in [-0.4, -0.2) is 47.8 Å². The molecule has 0 saturated carbocycles. The number of nitrogens with two attached hydrogens (primary N) is 1. The lowest BCUT2D eigenvalue weighted by atomic mass is 10.0. The average molecular weight is 278 g/mol. The van der Waals surface area contributed by atoms with Crippen molar-refractivity contribution in [1.29, 1.82) is 0 Å². The molecule has 0 aliphatic carbocycles. The Labute approximate surface area is 119 Å². The number of morpholine rings is 1. The highest BCUT2D eigenvalue weighted by atomic mass is 16.5. The van der Waals surface area contributed by atoms with Gasteiger partial charge in [-0.1, -0.05) is 19.1 Å². The fraction of sp³-hybridized carbons (Fsp3) is 0.533. The number of amides is 1. The molecular weight excluding hydrogens is 256 g/mol. The predicted molar refractivity (Wildman–Crippen MR) is 76.4 cm³/mol. The molecule has 1 aromatic rings. The summed E-state index contributed by atoms with van der Waals surface area (Å²) in [4.78, 5) is 14.3. The molecule has 3 N–H and O–H groups in total. The minimum absolute atomic E-state index is 0.0202. The topological polar surface area (TPSA) is 75.8 Å². The number of benzene rings is 1. The van der Waals surface area contributed by atoms with Gasteiger partial charge in [0.05, 0.1) is 25.3 Å². The maximum atomic E-state index is 12.4. The van der Waals surface area contributed by atoms with Gasteiger partial charge in [-0.25, -0.2) is 0 Å². The van der Waals surface area contributed by atoms with Gasteiger partial charge < -0.3 is 20.5 Å². The van der Waals surface area contributed by atoms with Gasteiger partial charge in [-0.3, -0.25) is 4.79 Å². The molecule has 0 bridgehead atoms. The third-order valence-electron chi connectivity index (χ3n) is 3.69. The first-order chi connectivity index (χ1) is 9.61. The van der Waals surface area contributed by atoms with E-state index in [1.54, 1.807) is 24.3 Å². The monoisotopic (exact) mass is 278 g/mol. The van der Waals surface area contributed by atoms with E-state index in [0.717, 1.165) is 12.0 Å². The highest BCUT2D eigenvalue weighted by Crippen LogP contribution is 2.15. The van der Waals surface area contributed by atoms with Gasteiger partial charge in [-0.2, -0.15) is 0 Å². The molecule has 20 heavy (non-hydrogen) atoms. The molecule has 1 aliphatic rings. The Bertz CT molecular complexity index is 447. The molecule has 1 aromatic carbocycles. The first kappa shape index (κ1) is 14.8. The Hall–Kier alpha value is -1.59. The van der Waals surface area contributed by atoms with E-state index >= 15 is 0 Å². The van der Waals surface area contributed by atoms with E-state index in [1.165, 1.54) is 0 Å². The average Bonchev–Trinajstić information content (AvgIpc) is 2.48. The molecule has 110 valence electrons. The Balaban J connectivity index is 1.98. The third-order valence-corrected chi connectivity index (χ3v) is 3.69. The van der Waals surface area contributed by atoms with Gasteiger partial charge in [-0.15, -0.1) is 0 Å². The Morgan fingerprint density at radius 3 is 2.85 bits per heavy atom. The van der Waals surface area contributed by atoms with Crippen molar-refractivity contribution in [3.05, 3.63) is 29.8 Å². The summed E-state index contributed by atoms with van der Waals surface area (Å²) in [6.07, 6.45) is 1.35. The second-order valence-electron chi connectivity index (χ2n) is 5.15. The Kier molecular flexibility index (Phi) is 4.98. The predicted octanol–water partition coefficient (Wildman–Crippen LogP) is 0.899. The van der Waals surface area contributed by atoms with Crippen LogP contribution in [0.1, 0.15) is 18.9 Å². The Morgan fingerprint density at radius 1 is 1.50 bits per heavy atom. The summed E-state index contributed by atoms with van der Waals surface area (Å²) in [5, 5.41) is 9.25. The normalized spacial score (nSPS) is 20.7.